The summed E-state index contributed by atoms with van der Waals surface area (Å²) < 4.78 is 1.97. The highest BCUT2D eigenvalue weighted by atomic mass is 32.1. The number of rotatable bonds is 4. The van der Waals surface area contributed by atoms with Crippen LogP contribution in [0.2, 0.25) is 0 Å². The zero-order valence-electron chi connectivity index (χ0n) is 17.4. The molecule has 0 aliphatic carbocycles. The third-order valence-corrected chi connectivity index (χ3v) is 5.82. The van der Waals surface area contributed by atoms with Crippen molar-refractivity contribution in [3.05, 3.63) is 70.7 Å². The van der Waals surface area contributed by atoms with Gasteiger partial charge in [0.15, 0.2) is 5.82 Å². The van der Waals surface area contributed by atoms with Gasteiger partial charge in [-0.25, -0.2) is 4.98 Å². The van der Waals surface area contributed by atoms with Gasteiger partial charge in [0.1, 0.15) is 17.8 Å². The first-order valence-electron chi connectivity index (χ1n) is 9.87. The minimum Gasteiger partial charge on any atom is -0.310 e. The molecular formula is C23H19N5O3S. The number of hydrogen-bond acceptors (Lipinski definition) is 7. The van der Waals surface area contributed by atoms with Gasteiger partial charge in [0, 0.05) is 11.6 Å². The standard InChI is InChI=1S/C22H19N5OS.CO2/c1-14(2)27-13-23-25-21(27)19-4-3-5-20(24-19)26-11-16-7-6-15(10-18(16)22(26)28)17-8-9-29-12-17;2-1-3/h3-10,12-14H,11H2,1-2H3;. The van der Waals surface area contributed by atoms with Gasteiger partial charge >= 0.3 is 6.15 Å². The molecule has 1 aromatic carbocycles. The molecule has 4 aromatic rings. The van der Waals surface area contributed by atoms with Crippen molar-refractivity contribution in [2.24, 2.45) is 0 Å². The molecule has 32 heavy (non-hydrogen) atoms. The van der Waals surface area contributed by atoms with E-state index >= 15 is 0 Å². The minimum absolute atomic E-state index is 0.0212. The van der Waals surface area contributed by atoms with E-state index in [2.05, 4.69) is 41.6 Å². The highest BCUT2D eigenvalue weighted by Gasteiger charge is 2.30. The third kappa shape index (κ3) is 3.99. The van der Waals surface area contributed by atoms with Crippen LogP contribution in [0.5, 0.6) is 0 Å². The van der Waals surface area contributed by atoms with E-state index in [-0.39, 0.29) is 18.1 Å². The fraction of sp³-hybridized carbons (Fsp3) is 0.174. The Morgan fingerprint density at radius 1 is 1.09 bits per heavy atom. The van der Waals surface area contributed by atoms with Gasteiger partial charge < -0.3 is 4.57 Å². The molecule has 3 aromatic heterocycles. The van der Waals surface area contributed by atoms with Crippen molar-refractivity contribution in [3.8, 4) is 22.6 Å². The van der Waals surface area contributed by atoms with Gasteiger partial charge in [-0.05, 0) is 65.6 Å². The van der Waals surface area contributed by atoms with Crippen molar-refractivity contribution in [2.75, 3.05) is 4.90 Å². The fourth-order valence-corrected chi connectivity index (χ4v) is 4.26. The second-order valence-electron chi connectivity index (χ2n) is 7.40. The smallest absolute Gasteiger partial charge is 0.310 e. The summed E-state index contributed by atoms with van der Waals surface area (Å²) in [5.41, 5.74) is 4.67. The maximum Gasteiger partial charge on any atom is 0.373 e. The lowest BCUT2D eigenvalue weighted by molar-refractivity contribution is -0.191. The summed E-state index contributed by atoms with van der Waals surface area (Å²) in [6.45, 7) is 4.66. The molecule has 9 heteroatoms. The summed E-state index contributed by atoms with van der Waals surface area (Å²) in [6.07, 6.45) is 1.96. The number of fused-ring (bicyclic) bond motifs is 1. The van der Waals surface area contributed by atoms with Crippen LogP contribution in [-0.2, 0) is 16.1 Å². The van der Waals surface area contributed by atoms with Crippen molar-refractivity contribution in [3.63, 3.8) is 0 Å². The average Bonchev–Trinajstić information content (AvgIpc) is 3.55. The van der Waals surface area contributed by atoms with Gasteiger partial charge in [0.05, 0.1) is 6.54 Å². The monoisotopic (exact) mass is 445 g/mol. The van der Waals surface area contributed by atoms with E-state index in [1.165, 1.54) is 0 Å². The van der Waals surface area contributed by atoms with E-state index in [0.717, 1.165) is 22.3 Å². The summed E-state index contributed by atoms with van der Waals surface area (Å²) in [5.74, 6) is 1.30. The molecule has 0 radical (unpaired) electrons. The number of anilines is 1. The average molecular weight is 446 g/mol. The topological polar surface area (TPSA) is 98.1 Å². The number of hydrogen-bond donors (Lipinski definition) is 0. The predicted octanol–water partition coefficient (Wildman–Crippen LogP) is 4.23. The molecule has 0 spiro atoms. The SMILES string of the molecule is CC(C)n1cnnc1-c1cccc(N2Cc3ccc(-c4ccsc4)cc3C2=O)n1.O=C=O. The lowest BCUT2D eigenvalue weighted by Gasteiger charge is -2.16. The van der Waals surface area contributed by atoms with Gasteiger partial charge in [-0.3, -0.25) is 9.69 Å². The number of aromatic nitrogens is 4. The van der Waals surface area contributed by atoms with Crippen LogP contribution in [-0.4, -0.2) is 31.8 Å². The van der Waals surface area contributed by atoms with Crippen molar-refractivity contribution in [2.45, 2.75) is 26.4 Å². The minimum atomic E-state index is -0.0212. The Kier molecular flexibility index (Phi) is 6.02. The molecule has 1 aliphatic heterocycles. The maximum atomic E-state index is 13.1. The number of benzene rings is 1. The van der Waals surface area contributed by atoms with Crippen LogP contribution in [0.1, 0.15) is 35.8 Å². The Morgan fingerprint density at radius 3 is 2.62 bits per heavy atom. The Labute approximate surface area is 188 Å². The molecule has 5 rings (SSSR count). The van der Waals surface area contributed by atoms with Crippen molar-refractivity contribution >= 4 is 29.2 Å². The van der Waals surface area contributed by atoms with Crippen LogP contribution in [0.25, 0.3) is 22.6 Å². The Morgan fingerprint density at radius 2 is 1.91 bits per heavy atom. The molecule has 0 saturated heterocycles. The van der Waals surface area contributed by atoms with Crippen LogP contribution >= 0.6 is 11.3 Å². The molecule has 0 fully saturated rings. The zero-order valence-corrected chi connectivity index (χ0v) is 18.2. The first kappa shape index (κ1) is 21.3. The summed E-state index contributed by atoms with van der Waals surface area (Å²) in [6, 6.07) is 14.1. The molecule has 8 nitrogen and oxygen atoms in total. The van der Waals surface area contributed by atoms with Crippen molar-refractivity contribution < 1.29 is 14.4 Å². The molecule has 0 bridgehead atoms. The number of amides is 1. The summed E-state index contributed by atoms with van der Waals surface area (Å²) in [4.78, 5) is 35.9. The molecule has 1 aliphatic rings. The van der Waals surface area contributed by atoms with Crippen LogP contribution in [0.15, 0.2) is 59.6 Å². The van der Waals surface area contributed by atoms with E-state index in [9.17, 15) is 4.79 Å². The number of carbonyl (C=O) groups is 1. The van der Waals surface area contributed by atoms with Crippen LogP contribution < -0.4 is 4.90 Å². The van der Waals surface area contributed by atoms with E-state index in [0.29, 0.717) is 23.9 Å². The highest BCUT2D eigenvalue weighted by Crippen LogP contribution is 2.32. The predicted molar refractivity (Wildman–Crippen MR) is 119 cm³/mol. The summed E-state index contributed by atoms with van der Waals surface area (Å²) in [5, 5.41) is 12.4. The summed E-state index contributed by atoms with van der Waals surface area (Å²) >= 11 is 1.65. The van der Waals surface area contributed by atoms with Crippen LogP contribution in [0.4, 0.5) is 5.82 Å². The second kappa shape index (κ2) is 9.05. The van der Waals surface area contributed by atoms with Crippen LogP contribution in [0.3, 0.4) is 0 Å². The molecule has 160 valence electrons. The number of pyridine rings is 1. The van der Waals surface area contributed by atoms with Crippen LogP contribution in [0, 0.1) is 0 Å². The number of carbonyl (C=O) groups excluding carboxylic acids is 3. The first-order chi connectivity index (χ1) is 15.5. The Bertz CT molecular complexity index is 1290. The van der Waals surface area contributed by atoms with Gasteiger partial charge in [0.2, 0.25) is 0 Å². The molecule has 0 unspecified atom stereocenters. The molecule has 0 N–H and O–H groups in total. The lowest BCUT2D eigenvalue weighted by atomic mass is 10.0. The van der Waals surface area contributed by atoms with E-state index in [4.69, 9.17) is 14.6 Å². The van der Waals surface area contributed by atoms with Gasteiger partial charge in [-0.1, -0.05) is 18.2 Å². The number of thiophene rings is 1. The normalized spacial score (nSPS) is 12.3. The Balaban J connectivity index is 0.000000775. The summed E-state index contributed by atoms with van der Waals surface area (Å²) in [7, 11) is 0. The molecule has 4 heterocycles. The molecule has 0 saturated carbocycles. The van der Waals surface area contributed by atoms with Crippen molar-refractivity contribution in [1.29, 1.82) is 0 Å². The largest absolute Gasteiger partial charge is 0.373 e. The van der Waals surface area contributed by atoms with Crippen molar-refractivity contribution in [1.82, 2.24) is 19.7 Å². The Hall–Kier alpha value is -3.94. The number of nitrogens with zero attached hydrogens (tertiary/aromatic N) is 5. The first-order valence-corrected chi connectivity index (χ1v) is 10.8. The van der Waals surface area contributed by atoms with Gasteiger partial charge in [-0.15, -0.1) is 10.2 Å². The quantitative estimate of drug-likeness (QED) is 0.466. The fourth-order valence-electron chi connectivity index (χ4n) is 3.60. The van der Waals surface area contributed by atoms with Gasteiger partial charge in [-0.2, -0.15) is 20.9 Å². The zero-order chi connectivity index (χ0) is 22.7. The molecule has 1 amide bonds. The van der Waals surface area contributed by atoms with E-state index in [1.807, 2.05) is 40.3 Å². The van der Waals surface area contributed by atoms with Gasteiger partial charge in [0.25, 0.3) is 5.91 Å². The third-order valence-electron chi connectivity index (χ3n) is 5.14. The van der Waals surface area contributed by atoms with E-state index in [1.54, 1.807) is 22.6 Å². The highest BCUT2D eigenvalue weighted by molar-refractivity contribution is 7.08. The lowest BCUT2D eigenvalue weighted by Crippen LogP contribution is -2.24. The second-order valence-corrected chi connectivity index (χ2v) is 8.18. The maximum absolute atomic E-state index is 13.1. The molecular weight excluding hydrogens is 426 g/mol. The molecule has 0 atom stereocenters. The van der Waals surface area contributed by atoms with E-state index < -0.39 is 0 Å².